The van der Waals surface area contributed by atoms with Gasteiger partial charge in [-0.3, -0.25) is 4.79 Å². The van der Waals surface area contributed by atoms with E-state index in [9.17, 15) is 4.79 Å². The lowest BCUT2D eigenvalue weighted by Gasteiger charge is -2.25. The van der Waals surface area contributed by atoms with E-state index in [1.165, 1.54) is 31.2 Å². The van der Waals surface area contributed by atoms with Crippen LogP contribution in [-0.2, 0) is 11.2 Å². The van der Waals surface area contributed by atoms with Crippen molar-refractivity contribution in [3.8, 4) is 0 Å². The number of amides is 1. The van der Waals surface area contributed by atoms with E-state index in [0.717, 1.165) is 42.5 Å². The van der Waals surface area contributed by atoms with Crippen LogP contribution in [0, 0.1) is 0 Å². The van der Waals surface area contributed by atoms with Crippen LogP contribution in [0.15, 0.2) is 48.5 Å². The van der Waals surface area contributed by atoms with Gasteiger partial charge in [-0.05, 0) is 55.6 Å². The number of hydrogen-bond acceptors (Lipinski definition) is 3. The van der Waals surface area contributed by atoms with Crippen LogP contribution in [-0.4, -0.2) is 32.1 Å². The van der Waals surface area contributed by atoms with Gasteiger partial charge in [0.05, 0.1) is 17.9 Å². The lowest BCUT2D eigenvalue weighted by Crippen LogP contribution is -2.31. The average molecular weight is 386 g/mol. The van der Waals surface area contributed by atoms with Gasteiger partial charge in [0.1, 0.15) is 0 Å². The van der Waals surface area contributed by atoms with Gasteiger partial charge in [0.15, 0.2) is 0 Å². The minimum absolute atomic E-state index is 0.00613. The zero-order valence-corrected chi connectivity index (χ0v) is 16.5. The number of halogens is 1. The number of hydrogen-bond donors (Lipinski definition) is 2. The van der Waals surface area contributed by atoms with Crippen LogP contribution in [0.3, 0.4) is 0 Å². The highest BCUT2D eigenvalue weighted by Crippen LogP contribution is 2.27. The Labute approximate surface area is 166 Å². The van der Waals surface area contributed by atoms with E-state index in [0.29, 0.717) is 6.54 Å². The summed E-state index contributed by atoms with van der Waals surface area (Å²) in [4.78, 5) is 14.8. The van der Waals surface area contributed by atoms with Crippen LogP contribution in [0.5, 0.6) is 0 Å². The van der Waals surface area contributed by atoms with Crippen molar-refractivity contribution in [1.82, 2.24) is 5.32 Å². The molecular formula is C22H28ClN3O. The third-order valence-electron chi connectivity index (χ3n) is 4.91. The second-order valence-corrected chi connectivity index (χ2v) is 7.46. The number of nitrogens with one attached hydrogen (secondary N) is 2. The largest absolute Gasteiger partial charge is 0.370 e. The van der Waals surface area contributed by atoms with Gasteiger partial charge in [0, 0.05) is 18.1 Å². The Hall–Kier alpha value is -2.04. The van der Waals surface area contributed by atoms with Crippen molar-refractivity contribution in [2.75, 3.05) is 36.4 Å². The maximum absolute atomic E-state index is 12.4. The van der Waals surface area contributed by atoms with Gasteiger partial charge in [-0.15, -0.1) is 0 Å². The fourth-order valence-electron chi connectivity index (χ4n) is 3.45. The van der Waals surface area contributed by atoms with E-state index in [4.69, 9.17) is 11.6 Å². The van der Waals surface area contributed by atoms with Crippen LogP contribution in [0.2, 0.25) is 5.02 Å². The lowest BCUT2D eigenvalue weighted by atomic mass is 10.1. The molecule has 0 atom stereocenters. The minimum Gasteiger partial charge on any atom is -0.370 e. The molecule has 1 amide bonds. The SMILES string of the molecule is O=C(CNCCc1ccc(Cl)cc1)Nc1ccccc1N1CCCCCC1. The molecule has 1 saturated heterocycles. The first-order chi connectivity index (χ1) is 13.2. The molecule has 4 nitrogen and oxygen atoms in total. The predicted molar refractivity (Wildman–Crippen MR) is 114 cm³/mol. The van der Waals surface area contributed by atoms with Gasteiger partial charge in [-0.1, -0.05) is 48.7 Å². The molecule has 0 unspecified atom stereocenters. The third kappa shape index (κ3) is 6.26. The Kier molecular flexibility index (Phi) is 7.55. The molecule has 2 N–H and O–H groups in total. The van der Waals surface area contributed by atoms with Crippen molar-refractivity contribution in [2.24, 2.45) is 0 Å². The maximum Gasteiger partial charge on any atom is 0.238 e. The Bertz CT molecular complexity index is 725. The molecule has 3 rings (SSSR count). The fourth-order valence-corrected chi connectivity index (χ4v) is 3.57. The summed E-state index contributed by atoms with van der Waals surface area (Å²) in [6, 6.07) is 15.9. The number of para-hydroxylation sites is 2. The van der Waals surface area contributed by atoms with Gasteiger partial charge < -0.3 is 15.5 Å². The number of benzene rings is 2. The topological polar surface area (TPSA) is 44.4 Å². The summed E-state index contributed by atoms with van der Waals surface area (Å²) in [5.41, 5.74) is 3.25. The smallest absolute Gasteiger partial charge is 0.238 e. The molecule has 0 spiro atoms. The molecule has 1 aliphatic heterocycles. The zero-order valence-electron chi connectivity index (χ0n) is 15.7. The number of carbonyl (C=O) groups is 1. The molecule has 0 radical (unpaired) electrons. The molecule has 5 heteroatoms. The lowest BCUT2D eigenvalue weighted by molar-refractivity contribution is -0.115. The van der Waals surface area contributed by atoms with E-state index < -0.39 is 0 Å². The van der Waals surface area contributed by atoms with Crippen molar-refractivity contribution >= 4 is 28.9 Å². The Balaban J connectivity index is 1.48. The average Bonchev–Trinajstić information content (AvgIpc) is 2.96. The van der Waals surface area contributed by atoms with Gasteiger partial charge in [0.25, 0.3) is 0 Å². The molecule has 27 heavy (non-hydrogen) atoms. The maximum atomic E-state index is 12.4. The normalized spacial score (nSPS) is 14.6. The quantitative estimate of drug-likeness (QED) is 0.690. The molecule has 1 fully saturated rings. The first-order valence-electron chi connectivity index (χ1n) is 9.81. The van der Waals surface area contributed by atoms with Gasteiger partial charge in [-0.2, -0.15) is 0 Å². The van der Waals surface area contributed by atoms with Gasteiger partial charge in [-0.25, -0.2) is 0 Å². The summed E-state index contributed by atoms with van der Waals surface area (Å²) in [7, 11) is 0. The highest BCUT2D eigenvalue weighted by molar-refractivity contribution is 6.30. The number of anilines is 2. The molecule has 2 aromatic rings. The van der Waals surface area contributed by atoms with Crippen molar-refractivity contribution < 1.29 is 4.79 Å². The molecule has 0 aliphatic carbocycles. The van der Waals surface area contributed by atoms with Gasteiger partial charge in [0.2, 0.25) is 5.91 Å². The van der Waals surface area contributed by atoms with E-state index in [1.54, 1.807) is 0 Å². The van der Waals surface area contributed by atoms with Crippen LogP contribution in [0.4, 0.5) is 11.4 Å². The van der Waals surface area contributed by atoms with Gasteiger partial charge >= 0.3 is 0 Å². The summed E-state index contributed by atoms with van der Waals surface area (Å²) in [5, 5.41) is 7.04. The summed E-state index contributed by atoms with van der Waals surface area (Å²) in [5.74, 6) is -0.00613. The molecule has 1 aliphatic rings. The van der Waals surface area contributed by atoms with E-state index in [1.807, 2.05) is 42.5 Å². The fraction of sp³-hybridized carbons (Fsp3) is 0.409. The Morgan fingerprint density at radius 2 is 1.67 bits per heavy atom. The van der Waals surface area contributed by atoms with E-state index >= 15 is 0 Å². The van der Waals surface area contributed by atoms with Crippen molar-refractivity contribution in [1.29, 1.82) is 0 Å². The Morgan fingerprint density at radius 3 is 2.41 bits per heavy atom. The first kappa shape index (κ1) is 19.7. The number of rotatable bonds is 7. The molecule has 0 aromatic heterocycles. The van der Waals surface area contributed by atoms with Crippen LogP contribution < -0.4 is 15.5 Å². The summed E-state index contributed by atoms with van der Waals surface area (Å²) in [6.45, 7) is 3.18. The van der Waals surface area contributed by atoms with Crippen molar-refractivity contribution in [3.05, 3.63) is 59.1 Å². The molecule has 1 heterocycles. The number of carbonyl (C=O) groups excluding carboxylic acids is 1. The molecule has 144 valence electrons. The second kappa shape index (κ2) is 10.3. The second-order valence-electron chi connectivity index (χ2n) is 7.02. The zero-order chi connectivity index (χ0) is 18.9. The highest BCUT2D eigenvalue weighted by Gasteiger charge is 2.14. The third-order valence-corrected chi connectivity index (χ3v) is 5.17. The van der Waals surface area contributed by atoms with E-state index in [-0.39, 0.29) is 5.91 Å². The van der Waals surface area contributed by atoms with E-state index in [2.05, 4.69) is 21.6 Å². The van der Waals surface area contributed by atoms with Crippen molar-refractivity contribution in [3.63, 3.8) is 0 Å². The predicted octanol–water partition coefficient (Wildman–Crippen LogP) is 4.49. The molecule has 0 saturated carbocycles. The summed E-state index contributed by atoms with van der Waals surface area (Å²) in [6.07, 6.45) is 5.89. The number of nitrogens with zero attached hydrogens (tertiary/aromatic N) is 1. The summed E-state index contributed by atoms with van der Waals surface area (Å²) < 4.78 is 0. The van der Waals surface area contributed by atoms with Crippen LogP contribution in [0.1, 0.15) is 31.2 Å². The summed E-state index contributed by atoms with van der Waals surface area (Å²) >= 11 is 5.90. The van der Waals surface area contributed by atoms with Crippen molar-refractivity contribution in [2.45, 2.75) is 32.1 Å². The molecular weight excluding hydrogens is 358 g/mol. The Morgan fingerprint density at radius 1 is 0.963 bits per heavy atom. The molecule has 0 bridgehead atoms. The first-order valence-corrected chi connectivity index (χ1v) is 10.2. The standard InChI is InChI=1S/C22H28ClN3O/c23-19-11-9-18(10-12-19)13-14-24-17-22(27)25-20-7-3-4-8-21(20)26-15-5-1-2-6-16-26/h3-4,7-12,24H,1-2,5-6,13-17H2,(H,25,27). The van der Waals surface area contributed by atoms with Crippen LogP contribution in [0.25, 0.3) is 0 Å². The minimum atomic E-state index is -0.00613. The molecule has 2 aromatic carbocycles. The highest BCUT2D eigenvalue weighted by atomic mass is 35.5. The van der Waals surface area contributed by atoms with Crippen LogP contribution >= 0.6 is 11.6 Å². The monoisotopic (exact) mass is 385 g/mol.